The van der Waals surface area contributed by atoms with E-state index in [1.807, 2.05) is 30.3 Å². The van der Waals surface area contributed by atoms with Gasteiger partial charge < -0.3 is 14.6 Å². The lowest BCUT2D eigenvalue weighted by molar-refractivity contribution is 0.0699. The molecule has 0 unspecified atom stereocenters. The van der Waals surface area contributed by atoms with Crippen LogP contribution < -0.4 is 0 Å². The van der Waals surface area contributed by atoms with Crippen molar-refractivity contribution in [1.82, 2.24) is 4.90 Å². The zero-order valence-corrected chi connectivity index (χ0v) is 14.4. The molecule has 1 saturated heterocycles. The van der Waals surface area contributed by atoms with Crippen molar-refractivity contribution in [3.05, 3.63) is 53.6 Å². The van der Waals surface area contributed by atoms with Crippen molar-refractivity contribution in [2.75, 3.05) is 13.1 Å². The Morgan fingerprint density at radius 3 is 2.46 bits per heavy atom. The van der Waals surface area contributed by atoms with E-state index in [4.69, 9.17) is 4.42 Å². The summed E-state index contributed by atoms with van der Waals surface area (Å²) in [5.41, 5.74) is 1.96. The number of phenols is 1. The monoisotopic (exact) mass is 351 g/mol. The first-order chi connectivity index (χ1) is 12.6. The molecule has 2 heterocycles. The van der Waals surface area contributed by atoms with Gasteiger partial charge in [0.05, 0.1) is 0 Å². The molecule has 1 aromatic heterocycles. The minimum atomic E-state index is -1.05. The SMILES string of the molecule is O=C(O)c1c(-c2ccccc2)oc2ccc(O)c(CN3CCCCC3)c12. The van der Waals surface area contributed by atoms with Gasteiger partial charge in [0.2, 0.25) is 0 Å². The number of nitrogens with zero attached hydrogens (tertiary/aromatic N) is 1. The maximum absolute atomic E-state index is 12.1. The van der Waals surface area contributed by atoms with Crippen LogP contribution in [0.5, 0.6) is 5.75 Å². The van der Waals surface area contributed by atoms with E-state index in [2.05, 4.69) is 4.90 Å². The van der Waals surface area contributed by atoms with E-state index in [9.17, 15) is 15.0 Å². The molecule has 2 aromatic carbocycles. The molecule has 0 aliphatic carbocycles. The number of likely N-dealkylation sites (tertiary alicyclic amines) is 1. The summed E-state index contributed by atoms with van der Waals surface area (Å²) in [6, 6.07) is 12.5. The fourth-order valence-electron chi connectivity index (χ4n) is 3.75. The number of benzene rings is 2. The Balaban J connectivity index is 1.90. The predicted octanol–water partition coefficient (Wildman–Crippen LogP) is 4.49. The van der Waals surface area contributed by atoms with Gasteiger partial charge >= 0.3 is 5.97 Å². The summed E-state index contributed by atoms with van der Waals surface area (Å²) < 4.78 is 5.92. The van der Waals surface area contributed by atoms with Crippen LogP contribution in [0.25, 0.3) is 22.3 Å². The molecule has 0 amide bonds. The molecule has 0 spiro atoms. The van der Waals surface area contributed by atoms with Gasteiger partial charge in [-0.3, -0.25) is 4.90 Å². The topological polar surface area (TPSA) is 73.9 Å². The van der Waals surface area contributed by atoms with Crippen LogP contribution in [0.15, 0.2) is 46.9 Å². The average molecular weight is 351 g/mol. The summed E-state index contributed by atoms with van der Waals surface area (Å²) >= 11 is 0. The van der Waals surface area contributed by atoms with E-state index in [1.54, 1.807) is 12.1 Å². The smallest absolute Gasteiger partial charge is 0.340 e. The van der Waals surface area contributed by atoms with Crippen LogP contribution in [0.4, 0.5) is 0 Å². The number of furan rings is 1. The van der Waals surface area contributed by atoms with Gasteiger partial charge in [0.25, 0.3) is 0 Å². The second-order valence-electron chi connectivity index (χ2n) is 6.75. The van der Waals surface area contributed by atoms with Crippen molar-refractivity contribution in [1.29, 1.82) is 0 Å². The van der Waals surface area contributed by atoms with Crippen LogP contribution in [0.1, 0.15) is 35.2 Å². The maximum Gasteiger partial charge on any atom is 0.340 e. The first-order valence-electron chi connectivity index (χ1n) is 8.93. The Kier molecular flexibility index (Phi) is 4.39. The van der Waals surface area contributed by atoms with E-state index >= 15 is 0 Å². The highest BCUT2D eigenvalue weighted by molar-refractivity contribution is 6.09. The Morgan fingerprint density at radius 1 is 1.04 bits per heavy atom. The van der Waals surface area contributed by atoms with Crippen molar-refractivity contribution < 1.29 is 19.4 Å². The van der Waals surface area contributed by atoms with Gasteiger partial charge in [-0.15, -0.1) is 0 Å². The highest BCUT2D eigenvalue weighted by Gasteiger charge is 2.26. The van der Waals surface area contributed by atoms with Crippen LogP contribution in [-0.2, 0) is 6.54 Å². The van der Waals surface area contributed by atoms with E-state index in [-0.39, 0.29) is 11.3 Å². The number of hydrogen-bond acceptors (Lipinski definition) is 4. The Bertz CT molecular complexity index is 940. The second kappa shape index (κ2) is 6.84. The van der Waals surface area contributed by atoms with E-state index < -0.39 is 5.97 Å². The maximum atomic E-state index is 12.1. The minimum absolute atomic E-state index is 0.117. The van der Waals surface area contributed by atoms with Crippen LogP contribution in [-0.4, -0.2) is 34.2 Å². The molecule has 0 atom stereocenters. The molecule has 0 radical (unpaired) electrons. The first-order valence-corrected chi connectivity index (χ1v) is 8.93. The van der Waals surface area contributed by atoms with Crippen molar-refractivity contribution >= 4 is 16.9 Å². The Hall–Kier alpha value is -2.79. The minimum Gasteiger partial charge on any atom is -0.508 e. The van der Waals surface area contributed by atoms with Gasteiger partial charge in [0.15, 0.2) is 0 Å². The lowest BCUT2D eigenvalue weighted by atomic mass is 10.00. The largest absolute Gasteiger partial charge is 0.508 e. The number of piperidine rings is 1. The summed E-state index contributed by atoms with van der Waals surface area (Å²) in [6.45, 7) is 2.44. The van der Waals surface area contributed by atoms with E-state index in [0.29, 0.717) is 34.4 Å². The number of aromatic carboxylic acids is 1. The summed E-state index contributed by atoms with van der Waals surface area (Å²) in [5, 5.41) is 20.8. The fraction of sp³-hybridized carbons (Fsp3) is 0.286. The first kappa shape index (κ1) is 16.7. The van der Waals surface area contributed by atoms with Crippen molar-refractivity contribution in [3.8, 4) is 17.1 Å². The molecule has 5 nitrogen and oxygen atoms in total. The molecule has 1 aliphatic heterocycles. The average Bonchev–Trinajstić information content (AvgIpc) is 3.06. The summed E-state index contributed by atoms with van der Waals surface area (Å²) in [6.07, 6.45) is 3.48. The summed E-state index contributed by atoms with van der Waals surface area (Å²) in [4.78, 5) is 14.3. The number of fused-ring (bicyclic) bond motifs is 1. The third kappa shape index (κ3) is 2.95. The third-order valence-electron chi connectivity index (χ3n) is 5.02. The molecular formula is C21H21NO4. The van der Waals surface area contributed by atoms with Crippen LogP contribution in [0.2, 0.25) is 0 Å². The summed E-state index contributed by atoms with van der Waals surface area (Å²) in [7, 11) is 0. The van der Waals surface area contributed by atoms with Gasteiger partial charge in [0.1, 0.15) is 22.7 Å². The number of phenolic OH excluding ortho intramolecular Hbond substituents is 1. The van der Waals surface area contributed by atoms with Gasteiger partial charge in [-0.05, 0) is 38.1 Å². The van der Waals surface area contributed by atoms with Gasteiger partial charge in [-0.1, -0.05) is 36.8 Å². The van der Waals surface area contributed by atoms with E-state index in [1.165, 1.54) is 6.42 Å². The number of carboxylic acids is 1. The zero-order chi connectivity index (χ0) is 18.1. The molecule has 134 valence electrons. The highest BCUT2D eigenvalue weighted by atomic mass is 16.4. The number of hydrogen-bond donors (Lipinski definition) is 2. The molecule has 4 rings (SSSR count). The number of carbonyl (C=O) groups is 1. The molecule has 1 aliphatic rings. The predicted molar refractivity (Wildman–Crippen MR) is 99.4 cm³/mol. The standard InChI is InChI=1S/C21H21NO4/c23-16-9-10-17-18(15(16)13-22-11-5-2-6-12-22)19(21(24)25)20(26-17)14-7-3-1-4-8-14/h1,3-4,7-10,23H,2,5-6,11-13H2,(H,24,25). The highest BCUT2D eigenvalue weighted by Crippen LogP contribution is 2.39. The lowest BCUT2D eigenvalue weighted by Gasteiger charge is -2.27. The normalized spacial score (nSPS) is 15.4. The number of carboxylic acid groups (broad SMARTS) is 1. The van der Waals surface area contributed by atoms with Crippen LogP contribution in [0, 0.1) is 0 Å². The van der Waals surface area contributed by atoms with Crippen LogP contribution in [0.3, 0.4) is 0 Å². The number of aromatic hydroxyl groups is 1. The van der Waals surface area contributed by atoms with Gasteiger partial charge in [-0.2, -0.15) is 0 Å². The molecule has 0 bridgehead atoms. The molecule has 0 saturated carbocycles. The molecule has 1 fully saturated rings. The third-order valence-corrected chi connectivity index (χ3v) is 5.02. The van der Waals surface area contributed by atoms with E-state index in [0.717, 1.165) is 25.9 Å². The second-order valence-corrected chi connectivity index (χ2v) is 6.75. The lowest BCUT2D eigenvalue weighted by Crippen LogP contribution is -2.29. The number of rotatable bonds is 4. The summed E-state index contributed by atoms with van der Waals surface area (Å²) in [5.74, 6) is -0.599. The molecule has 26 heavy (non-hydrogen) atoms. The fourth-order valence-corrected chi connectivity index (χ4v) is 3.75. The van der Waals surface area contributed by atoms with Gasteiger partial charge in [-0.25, -0.2) is 4.79 Å². The molecule has 2 N–H and O–H groups in total. The zero-order valence-electron chi connectivity index (χ0n) is 14.4. The van der Waals surface area contributed by atoms with Crippen molar-refractivity contribution in [2.45, 2.75) is 25.8 Å². The van der Waals surface area contributed by atoms with Crippen molar-refractivity contribution in [2.24, 2.45) is 0 Å². The molecular weight excluding hydrogens is 330 g/mol. The van der Waals surface area contributed by atoms with Gasteiger partial charge in [0, 0.05) is 23.1 Å². The van der Waals surface area contributed by atoms with Crippen molar-refractivity contribution in [3.63, 3.8) is 0 Å². The van der Waals surface area contributed by atoms with Crippen LogP contribution >= 0.6 is 0 Å². The Morgan fingerprint density at radius 2 is 1.77 bits per heavy atom. The molecule has 5 heteroatoms. The molecule has 3 aromatic rings. The Labute approximate surface area is 151 Å². The quantitative estimate of drug-likeness (QED) is 0.724.